The first-order chi connectivity index (χ1) is 14.1. The molecule has 148 valence electrons. The van der Waals surface area contributed by atoms with Crippen LogP contribution in [0.4, 0.5) is 5.69 Å². The average Bonchev–Trinajstić information content (AvgIpc) is 3.30. The number of nitrogens with one attached hydrogen (secondary N) is 1. The van der Waals surface area contributed by atoms with Crippen molar-refractivity contribution in [1.29, 1.82) is 0 Å². The second-order valence-electron chi connectivity index (χ2n) is 6.69. The van der Waals surface area contributed by atoms with Crippen LogP contribution >= 0.6 is 0 Å². The van der Waals surface area contributed by atoms with E-state index in [9.17, 15) is 4.79 Å². The number of ether oxygens (including phenoxy) is 1. The molecule has 0 aliphatic heterocycles. The quantitative estimate of drug-likeness (QED) is 0.523. The molecule has 0 aliphatic carbocycles. The number of anilines is 1. The van der Waals surface area contributed by atoms with Gasteiger partial charge in [-0.15, -0.1) is 0 Å². The smallest absolute Gasteiger partial charge is 0.291 e. The molecule has 7 nitrogen and oxygen atoms in total. The van der Waals surface area contributed by atoms with Crippen molar-refractivity contribution in [2.45, 2.75) is 6.92 Å². The Balaban J connectivity index is 1.67. The summed E-state index contributed by atoms with van der Waals surface area (Å²) in [6.07, 6.45) is 1.71. The SMILES string of the molecule is Cc1c(C(=O)Nc2ccc(OCCN)c(-c3ccnn3C)c2)oc2ccccc12. The summed E-state index contributed by atoms with van der Waals surface area (Å²) in [4.78, 5) is 12.9. The topological polar surface area (TPSA) is 95.3 Å². The molecule has 4 aromatic rings. The molecule has 2 aromatic heterocycles. The van der Waals surface area contributed by atoms with Gasteiger partial charge in [-0.3, -0.25) is 9.48 Å². The maximum Gasteiger partial charge on any atom is 0.291 e. The number of nitrogens with zero attached hydrogens (tertiary/aromatic N) is 2. The third-order valence-electron chi connectivity index (χ3n) is 4.76. The average molecular weight is 390 g/mol. The summed E-state index contributed by atoms with van der Waals surface area (Å²) in [7, 11) is 1.85. The summed E-state index contributed by atoms with van der Waals surface area (Å²) >= 11 is 0. The van der Waals surface area contributed by atoms with Crippen molar-refractivity contribution >= 4 is 22.6 Å². The molecular formula is C22H22N4O3. The lowest BCUT2D eigenvalue weighted by molar-refractivity contribution is 0.0998. The van der Waals surface area contributed by atoms with Gasteiger partial charge in [-0.25, -0.2) is 0 Å². The van der Waals surface area contributed by atoms with Gasteiger partial charge in [0.05, 0.1) is 5.69 Å². The molecule has 7 heteroatoms. The van der Waals surface area contributed by atoms with Crippen molar-refractivity contribution in [2.75, 3.05) is 18.5 Å². The van der Waals surface area contributed by atoms with E-state index in [1.165, 1.54) is 0 Å². The minimum atomic E-state index is -0.301. The van der Waals surface area contributed by atoms with E-state index in [1.807, 2.05) is 56.4 Å². The first-order valence-electron chi connectivity index (χ1n) is 9.33. The van der Waals surface area contributed by atoms with E-state index in [0.29, 0.717) is 35.9 Å². The number of nitrogens with two attached hydrogens (primary N) is 1. The maximum absolute atomic E-state index is 12.9. The van der Waals surface area contributed by atoms with Crippen molar-refractivity contribution in [3.8, 4) is 17.0 Å². The normalized spacial score (nSPS) is 11.0. The van der Waals surface area contributed by atoms with Crippen LogP contribution in [0.2, 0.25) is 0 Å². The third kappa shape index (κ3) is 3.60. The molecule has 2 aromatic carbocycles. The van der Waals surface area contributed by atoms with Crippen molar-refractivity contribution in [1.82, 2.24) is 9.78 Å². The highest BCUT2D eigenvalue weighted by Crippen LogP contribution is 2.33. The van der Waals surface area contributed by atoms with E-state index in [-0.39, 0.29) is 5.91 Å². The lowest BCUT2D eigenvalue weighted by atomic mass is 10.1. The van der Waals surface area contributed by atoms with Gasteiger partial charge in [0.25, 0.3) is 5.91 Å². The molecule has 3 N–H and O–H groups in total. The highest BCUT2D eigenvalue weighted by atomic mass is 16.5. The predicted molar refractivity (Wildman–Crippen MR) is 112 cm³/mol. The van der Waals surface area contributed by atoms with Gasteiger partial charge in [0.2, 0.25) is 0 Å². The lowest BCUT2D eigenvalue weighted by Gasteiger charge is -2.13. The zero-order valence-electron chi connectivity index (χ0n) is 16.3. The molecule has 0 spiro atoms. The molecule has 0 atom stereocenters. The number of amides is 1. The van der Waals surface area contributed by atoms with Gasteiger partial charge in [0.1, 0.15) is 17.9 Å². The van der Waals surface area contributed by atoms with Gasteiger partial charge in [-0.1, -0.05) is 18.2 Å². The molecule has 0 saturated heterocycles. The van der Waals surface area contributed by atoms with Crippen LogP contribution in [0.25, 0.3) is 22.2 Å². The number of benzene rings is 2. The van der Waals surface area contributed by atoms with Crippen LogP contribution in [0.3, 0.4) is 0 Å². The fraction of sp³-hybridized carbons (Fsp3) is 0.182. The summed E-state index contributed by atoms with van der Waals surface area (Å²) in [5.74, 6) is 0.680. The van der Waals surface area contributed by atoms with E-state index >= 15 is 0 Å². The standard InChI is InChI=1S/C22H22N4O3/c1-14-16-5-3-4-6-20(16)29-21(14)22(27)25-15-7-8-19(28-12-10-23)17(13-15)18-9-11-24-26(18)2/h3-9,11,13H,10,12,23H2,1-2H3,(H,25,27). The van der Waals surface area contributed by atoms with E-state index in [0.717, 1.165) is 22.2 Å². The number of carbonyl (C=O) groups excluding carboxylic acids is 1. The molecule has 0 saturated carbocycles. The van der Waals surface area contributed by atoms with E-state index < -0.39 is 0 Å². The fourth-order valence-electron chi connectivity index (χ4n) is 3.32. The summed E-state index contributed by atoms with van der Waals surface area (Å²) in [6.45, 7) is 2.69. The number of furan rings is 1. The Labute approximate surface area is 168 Å². The first-order valence-corrected chi connectivity index (χ1v) is 9.33. The number of carbonyl (C=O) groups is 1. The van der Waals surface area contributed by atoms with Crippen molar-refractivity contribution in [2.24, 2.45) is 12.8 Å². The van der Waals surface area contributed by atoms with E-state index in [1.54, 1.807) is 16.9 Å². The summed E-state index contributed by atoms with van der Waals surface area (Å²) in [6, 6.07) is 15.0. The van der Waals surface area contributed by atoms with Crippen LogP contribution in [-0.4, -0.2) is 28.8 Å². The zero-order valence-corrected chi connectivity index (χ0v) is 16.3. The van der Waals surface area contributed by atoms with Crippen LogP contribution < -0.4 is 15.8 Å². The first kappa shape index (κ1) is 18.8. The molecule has 1 amide bonds. The summed E-state index contributed by atoms with van der Waals surface area (Å²) in [5, 5.41) is 8.07. The second kappa shape index (κ2) is 7.81. The van der Waals surface area contributed by atoms with Gasteiger partial charge >= 0.3 is 0 Å². The Morgan fingerprint density at radius 3 is 2.79 bits per heavy atom. The third-order valence-corrected chi connectivity index (χ3v) is 4.76. The highest BCUT2D eigenvalue weighted by Gasteiger charge is 2.19. The van der Waals surface area contributed by atoms with Crippen molar-refractivity contribution < 1.29 is 13.9 Å². The van der Waals surface area contributed by atoms with Crippen LogP contribution in [0.5, 0.6) is 5.75 Å². The van der Waals surface area contributed by atoms with E-state index in [4.69, 9.17) is 14.9 Å². The Morgan fingerprint density at radius 2 is 2.07 bits per heavy atom. The number of fused-ring (bicyclic) bond motifs is 1. The zero-order chi connectivity index (χ0) is 20.4. The van der Waals surface area contributed by atoms with Crippen LogP contribution in [0.15, 0.2) is 59.1 Å². The summed E-state index contributed by atoms with van der Waals surface area (Å²) < 4.78 is 13.3. The maximum atomic E-state index is 12.9. The largest absolute Gasteiger partial charge is 0.492 e. The lowest BCUT2D eigenvalue weighted by Crippen LogP contribution is -2.13. The predicted octanol–water partition coefficient (Wildman–Crippen LogP) is 3.73. The Morgan fingerprint density at radius 1 is 1.24 bits per heavy atom. The molecule has 0 fully saturated rings. The highest BCUT2D eigenvalue weighted by molar-refractivity contribution is 6.06. The summed E-state index contributed by atoms with van der Waals surface area (Å²) in [5.41, 5.74) is 9.39. The number of aromatic nitrogens is 2. The van der Waals surface area contributed by atoms with Crippen LogP contribution in [-0.2, 0) is 7.05 Å². The van der Waals surface area contributed by atoms with E-state index in [2.05, 4.69) is 10.4 Å². The van der Waals surface area contributed by atoms with Gasteiger partial charge in [-0.05, 0) is 37.3 Å². The van der Waals surface area contributed by atoms with Crippen molar-refractivity contribution in [3.05, 3.63) is 66.1 Å². The number of hydrogen-bond donors (Lipinski definition) is 2. The minimum Gasteiger partial charge on any atom is -0.492 e. The number of hydrogen-bond acceptors (Lipinski definition) is 5. The van der Waals surface area contributed by atoms with Gasteiger partial charge < -0.3 is 20.2 Å². The Hall–Kier alpha value is -3.58. The Kier molecular flexibility index (Phi) is 5.05. The monoisotopic (exact) mass is 390 g/mol. The molecule has 2 heterocycles. The van der Waals surface area contributed by atoms with Gasteiger partial charge in [0, 0.05) is 42.0 Å². The minimum absolute atomic E-state index is 0.301. The molecule has 0 unspecified atom stereocenters. The number of rotatable bonds is 6. The van der Waals surface area contributed by atoms with Crippen LogP contribution in [0, 0.1) is 6.92 Å². The Bertz CT molecular complexity index is 1180. The fourth-order valence-corrected chi connectivity index (χ4v) is 3.32. The van der Waals surface area contributed by atoms with Gasteiger partial charge in [-0.2, -0.15) is 5.10 Å². The van der Waals surface area contributed by atoms with Crippen LogP contribution in [0.1, 0.15) is 16.1 Å². The molecular weight excluding hydrogens is 368 g/mol. The molecule has 4 rings (SSSR count). The second-order valence-corrected chi connectivity index (χ2v) is 6.69. The molecule has 0 aliphatic rings. The van der Waals surface area contributed by atoms with Gasteiger partial charge in [0.15, 0.2) is 5.76 Å². The number of aryl methyl sites for hydroxylation is 2. The molecule has 0 bridgehead atoms. The number of para-hydroxylation sites is 1. The molecule has 0 radical (unpaired) electrons. The van der Waals surface area contributed by atoms with Crippen molar-refractivity contribution in [3.63, 3.8) is 0 Å². The molecule has 29 heavy (non-hydrogen) atoms.